The van der Waals surface area contributed by atoms with Gasteiger partial charge in [-0.2, -0.15) is 17.2 Å². The summed E-state index contributed by atoms with van der Waals surface area (Å²) in [5.41, 5.74) is 11.0. The average Bonchev–Trinajstić information content (AvgIpc) is 1.97. The summed E-state index contributed by atoms with van der Waals surface area (Å²) >= 11 is 0. The molecule has 468 valence electrons. The molecule has 0 saturated carbocycles. The number of carbonyl (C=O) groups is 2. The maximum Gasteiger partial charge on any atom is 0.261 e. The molecule has 0 fully saturated rings. The maximum absolute atomic E-state index is 15.4. The zero-order chi connectivity index (χ0) is 64.2. The van der Waals surface area contributed by atoms with Crippen molar-refractivity contribution < 1.29 is 43.3 Å². The molecule has 1 aliphatic heterocycles. The number of carbonyl (C=O) groups excluding carboxylic acids is 2. The Morgan fingerprint density at radius 1 is 0.318 bits per heavy atom. The molecule has 7 aromatic carbocycles. The first-order valence-corrected chi connectivity index (χ1v) is 35.6. The van der Waals surface area contributed by atoms with Crippen LogP contribution in [0.15, 0.2) is 147 Å². The molecule has 0 bridgehead atoms. The van der Waals surface area contributed by atoms with E-state index >= 15 is 25.3 Å². The summed E-state index contributed by atoms with van der Waals surface area (Å²) in [4.78, 5) is 28.4. The van der Waals surface area contributed by atoms with Crippen LogP contribution in [0.5, 0.6) is 0 Å². The highest BCUT2D eigenvalue weighted by molar-refractivity contribution is 7.90. The van der Waals surface area contributed by atoms with Crippen LogP contribution in [-0.2, 0) is 46.6 Å². The molecule has 0 aliphatic carbocycles. The van der Waals surface area contributed by atoms with Gasteiger partial charge in [-0.15, -0.1) is 0 Å². The Hall–Kier alpha value is -6.68. The first-order valence-electron chi connectivity index (χ1n) is 29.9. The first-order chi connectivity index (χ1) is 41.5. The number of benzene rings is 7. The van der Waals surface area contributed by atoms with Gasteiger partial charge in [0.25, 0.3) is 11.8 Å². The largest absolute Gasteiger partial charge is 0.274 e. The third kappa shape index (κ3) is 14.5. The van der Waals surface area contributed by atoms with Gasteiger partial charge < -0.3 is 0 Å². The van der Waals surface area contributed by atoms with E-state index < -0.39 is 51.9 Å². The Morgan fingerprint density at radius 2 is 0.580 bits per heavy atom. The number of aryl methyl sites for hydroxylation is 12. The molecule has 0 radical (unpaired) electrons. The first kappa shape index (κ1) is 67.3. The second-order valence-corrected chi connectivity index (χ2v) is 31.2. The summed E-state index contributed by atoms with van der Waals surface area (Å²) < 4.78 is 127. The fourth-order valence-electron chi connectivity index (χ4n) is 13.0. The highest BCUT2D eigenvalue weighted by atomic mass is 32.2. The lowest BCUT2D eigenvalue weighted by Gasteiger charge is -2.29. The van der Waals surface area contributed by atoms with Crippen molar-refractivity contribution in [2.75, 3.05) is 52.4 Å². The second kappa shape index (κ2) is 27.6. The van der Waals surface area contributed by atoms with E-state index in [1.54, 1.807) is 116 Å². The lowest BCUT2D eigenvalue weighted by Crippen LogP contribution is -2.41. The zero-order valence-electron chi connectivity index (χ0n) is 52.8. The van der Waals surface area contributed by atoms with Crippen LogP contribution in [0.1, 0.15) is 119 Å². The Morgan fingerprint density at radius 3 is 0.909 bits per heavy atom. The van der Waals surface area contributed by atoms with Crippen molar-refractivity contribution >= 4 is 51.9 Å². The molecule has 2 amide bonds. The molecular formula is C69H83N5O10S4. The number of hydrogen-bond donors (Lipinski definition) is 0. The second-order valence-electron chi connectivity index (χ2n) is 23.7. The molecule has 1 heterocycles. The minimum absolute atomic E-state index is 0.00461. The SMILES string of the molecule is Cc1cc(C)c(S(=O)(=O)N(CCCN2C(=O)c3ccccc3C2=O)CCCN(CCCN(CCCN(Cc2ccccc2-c2ccccc2)S(=O)(=O)c2c(C)cc(C)cc2C)S(=O)(=O)c2c(C)cc(C)cc2C)S(=O)(=O)c2c(C)cc(C)cc2C)c(C)c1. The van der Waals surface area contributed by atoms with Crippen molar-refractivity contribution in [1.29, 1.82) is 0 Å². The lowest BCUT2D eigenvalue weighted by molar-refractivity contribution is 0.0650. The number of sulfonamides is 4. The Kier molecular flexibility index (Phi) is 21.1. The fourth-order valence-corrected chi connectivity index (χ4v) is 20.7. The van der Waals surface area contributed by atoms with Gasteiger partial charge in [0, 0.05) is 58.9 Å². The van der Waals surface area contributed by atoms with Crippen LogP contribution in [0.25, 0.3) is 11.1 Å². The third-order valence-electron chi connectivity index (χ3n) is 16.4. The third-order valence-corrected chi connectivity index (χ3v) is 25.1. The molecule has 8 rings (SSSR count). The van der Waals surface area contributed by atoms with Crippen molar-refractivity contribution in [2.24, 2.45) is 0 Å². The summed E-state index contributed by atoms with van der Waals surface area (Å²) in [6.07, 6.45) is 0.185. The van der Waals surface area contributed by atoms with E-state index in [1.807, 2.05) is 94.4 Å². The fraction of sp³-hybridized carbons (Fsp3) is 0.362. The van der Waals surface area contributed by atoms with Gasteiger partial charge in [-0.1, -0.05) is 138 Å². The van der Waals surface area contributed by atoms with Crippen LogP contribution in [0.4, 0.5) is 0 Å². The van der Waals surface area contributed by atoms with E-state index in [1.165, 1.54) is 17.2 Å². The Labute approximate surface area is 523 Å². The van der Waals surface area contributed by atoms with E-state index in [0.717, 1.165) is 43.8 Å². The number of nitrogens with zero attached hydrogens (tertiary/aromatic N) is 5. The molecule has 0 spiro atoms. The van der Waals surface area contributed by atoms with Gasteiger partial charge in [0.15, 0.2) is 0 Å². The maximum atomic E-state index is 15.4. The quantitative estimate of drug-likeness (QED) is 0.0448. The van der Waals surface area contributed by atoms with Gasteiger partial charge in [0.05, 0.1) is 30.7 Å². The monoisotopic (exact) mass is 1270 g/mol. The summed E-state index contributed by atoms with van der Waals surface area (Å²) in [6, 6.07) is 38.3. The molecule has 15 nitrogen and oxygen atoms in total. The van der Waals surface area contributed by atoms with Crippen molar-refractivity contribution in [3.63, 3.8) is 0 Å². The van der Waals surface area contributed by atoms with E-state index in [2.05, 4.69) is 0 Å². The van der Waals surface area contributed by atoms with Crippen molar-refractivity contribution in [3.05, 3.63) is 211 Å². The van der Waals surface area contributed by atoms with Gasteiger partial charge in [0.1, 0.15) is 0 Å². The molecule has 7 aromatic rings. The molecule has 19 heteroatoms. The predicted molar refractivity (Wildman–Crippen MR) is 349 cm³/mol. The number of amides is 2. The Bertz CT molecular complexity index is 4140. The van der Waals surface area contributed by atoms with Crippen LogP contribution in [0.2, 0.25) is 0 Å². The van der Waals surface area contributed by atoms with Crippen molar-refractivity contribution in [2.45, 2.75) is 135 Å². The standard InChI is InChI=1S/C69H83N5O10S4/c1-47-38-51(5)64(52(6)39-47)85(77,78)70(31-21-33-72(87(81,82)66-55(9)42-49(3)43-56(66)10)35-23-37-74-68(75)62-28-18-19-29-63(62)69(74)76)30-20-32-71(86(79,80)65-53(7)40-48(2)41-54(65)8)34-22-36-73(88(83,84)67-57(11)44-50(4)45-58(67)12)46-60-26-16-17-27-61(60)59-24-14-13-15-25-59/h13-19,24-29,38-45H,20-23,30-37,46H2,1-12H3. The van der Waals surface area contributed by atoms with Gasteiger partial charge in [-0.3, -0.25) is 14.5 Å². The number of imide groups is 1. The van der Waals surface area contributed by atoms with E-state index in [9.17, 15) is 18.0 Å². The van der Waals surface area contributed by atoms with Gasteiger partial charge >= 0.3 is 0 Å². The van der Waals surface area contributed by atoms with Gasteiger partial charge in [-0.25, -0.2) is 33.7 Å². The summed E-state index contributed by atoms with van der Waals surface area (Å²) in [7, 11) is -17.1. The summed E-state index contributed by atoms with van der Waals surface area (Å²) in [5.74, 6) is -0.922. The minimum Gasteiger partial charge on any atom is -0.274 e. The molecule has 88 heavy (non-hydrogen) atoms. The molecular weight excluding hydrogens is 1190 g/mol. The Balaban J connectivity index is 1.11. The van der Waals surface area contributed by atoms with Crippen molar-refractivity contribution in [1.82, 2.24) is 22.1 Å². The van der Waals surface area contributed by atoms with E-state index in [0.29, 0.717) is 44.5 Å². The van der Waals surface area contributed by atoms with Crippen LogP contribution < -0.4 is 0 Å². The molecule has 0 aromatic heterocycles. The number of hydrogen-bond acceptors (Lipinski definition) is 10. The molecule has 0 atom stereocenters. The normalized spacial score (nSPS) is 13.2. The van der Waals surface area contributed by atoms with Crippen LogP contribution >= 0.6 is 0 Å². The molecule has 1 aliphatic rings. The number of rotatable bonds is 27. The predicted octanol–water partition coefficient (Wildman–Crippen LogP) is 12.2. The summed E-state index contributed by atoms with van der Waals surface area (Å²) in [5, 5.41) is 0. The van der Waals surface area contributed by atoms with Crippen LogP contribution in [-0.4, -0.2) is 120 Å². The number of fused-ring (bicyclic) bond motifs is 1. The molecule has 0 N–H and O–H groups in total. The van der Waals surface area contributed by atoms with Gasteiger partial charge in [0.2, 0.25) is 40.1 Å². The van der Waals surface area contributed by atoms with Gasteiger partial charge in [-0.05, 0) is 182 Å². The highest BCUT2D eigenvalue weighted by Crippen LogP contribution is 2.34. The lowest BCUT2D eigenvalue weighted by atomic mass is 10.00. The smallest absolute Gasteiger partial charge is 0.261 e. The van der Waals surface area contributed by atoms with Crippen molar-refractivity contribution in [3.8, 4) is 11.1 Å². The van der Waals surface area contributed by atoms with Crippen LogP contribution in [0.3, 0.4) is 0 Å². The zero-order valence-corrected chi connectivity index (χ0v) is 56.0. The van der Waals surface area contributed by atoms with E-state index in [4.69, 9.17) is 0 Å². The minimum atomic E-state index is -4.35. The van der Waals surface area contributed by atoms with Crippen LogP contribution in [0, 0.1) is 83.1 Å². The highest BCUT2D eigenvalue weighted by Gasteiger charge is 2.37. The molecule has 0 unspecified atom stereocenters. The van der Waals surface area contributed by atoms with E-state index in [-0.39, 0.29) is 115 Å². The average molecular weight is 1270 g/mol. The topological polar surface area (TPSA) is 187 Å². The molecule has 0 saturated heterocycles. The summed E-state index contributed by atoms with van der Waals surface area (Å²) in [6.45, 7) is 20.5.